The number of nitrogens with one attached hydrogen (secondary N) is 2. The molecule has 1 heterocycles. The Morgan fingerprint density at radius 1 is 1.14 bits per heavy atom. The SMILES string of the molecule is CSc1ncc(C#CCCCC(=O)N[C@@H](CCCCOC(N)=O)C(=O)Nc2ccc(CO)cc2)cn1. The normalized spacial score (nSPS) is 11.1. The van der Waals surface area contributed by atoms with Gasteiger partial charge in [-0.3, -0.25) is 9.59 Å². The number of hydrogen-bond acceptors (Lipinski definition) is 8. The highest BCUT2D eigenvalue weighted by atomic mass is 32.2. The van der Waals surface area contributed by atoms with Crippen LogP contribution in [0.5, 0.6) is 0 Å². The Kier molecular flexibility index (Phi) is 12.8. The number of benzene rings is 1. The van der Waals surface area contributed by atoms with Crippen molar-refractivity contribution in [1.29, 1.82) is 0 Å². The molecule has 0 saturated carbocycles. The Hall–Kier alpha value is -3.62. The van der Waals surface area contributed by atoms with Gasteiger partial charge in [0.15, 0.2) is 5.16 Å². The summed E-state index contributed by atoms with van der Waals surface area (Å²) in [5.41, 5.74) is 6.94. The summed E-state index contributed by atoms with van der Waals surface area (Å²) in [6.45, 7) is 0.0483. The van der Waals surface area contributed by atoms with Crippen molar-refractivity contribution in [2.45, 2.75) is 56.3 Å². The lowest BCUT2D eigenvalue weighted by Gasteiger charge is -2.18. The van der Waals surface area contributed by atoms with Gasteiger partial charge in [-0.1, -0.05) is 35.7 Å². The molecule has 10 nitrogen and oxygen atoms in total. The zero-order valence-electron chi connectivity index (χ0n) is 20.2. The molecular weight excluding hydrogens is 482 g/mol. The minimum absolute atomic E-state index is 0.0945. The number of hydrogen-bond donors (Lipinski definition) is 4. The second-order valence-corrected chi connectivity index (χ2v) is 8.51. The fourth-order valence-corrected chi connectivity index (χ4v) is 3.39. The third-order valence-electron chi connectivity index (χ3n) is 4.94. The molecule has 3 amide bonds. The number of primary amides is 1. The molecule has 2 aromatic rings. The van der Waals surface area contributed by atoms with E-state index in [1.54, 1.807) is 36.7 Å². The predicted octanol–water partition coefficient (Wildman–Crippen LogP) is 2.60. The zero-order valence-corrected chi connectivity index (χ0v) is 21.0. The number of amides is 3. The highest BCUT2D eigenvalue weighted by Crippen LogP contribution is 2.12. The van der Waals surface area contributed by atoms with Gasteiger partial charge in [-0.05, 0) is 49.6 Å². The number of carbonyl (C=O) groups excluding carboxylic acids is 3. The predicted molar refractivity (Wildman–Crippen MR) is 137 cm³/mol. The molecule has 36 heavy (non-hydrogen) atoms. The van der Waals surface area contributed by atoms with Crippen LogP contribution in [0.3, 0.4) is 0 Å². The molecule has 0 radical (unpaired) electrons. The topological polar surface area (TPSA) is 157 Å². The van der Waals surface area contributed by atoms with Gasteiger partial charge in [0.05, 0.1) is 18.8 Å². The van der Waals surface area contributed by atoms with Crippen LogP contribution in [0.1, 0.15) is 49.7 Å². The Bertz CT molecular complexity index is 1050. The fourth-order valence-electron chi connectivity index (χ4n) is 3.07. The second-order valence-electron chi connectivity index (χ2n) is 7.74. The number of thioether (sulfide) groups is 1. The summed E-state index contributed by atoms with van der Waals surface area (Å²) in [5.74, 6) is 5.36. The van der Waals surface area contributed by atoms with Gasteiger partial charge in [-0.2, -0.15) is 0 Å². The van der Waals surface area contributed by atoms with E-state index in [1.807, 2.05) is 6.26 Å². The van der Waals surface area contributed by atoms with Gasteiger partial charge < -0.3 is 26.2 Å². The summed E-state index contributed by atoms with van der Waals surface area (Å²) in [7, 11) is 0. The third kappa shape index (κ3) is 11.2. The number of aromatic nitrogens is 2. The summed E-state index contributed by atoms with van der Waals surface area (Å²) in [6, 6.07) is 6.01. The van der Waals surface area contributed by atoms with Crippen LogP contribution in [-0.2, 0) is 20.9 Å². The maximum Gasteiger partial charge on any atom is 0.404 e. The molecule has 0 spiro atoms. The Morgan fingerprint density at radius 2 is 1.86 bits per heavy atom. The molecule has 0 aliphatic rings. The van der Waals surface area contributed by atoms with Crippen molar-refractivity contribution in [3.63, 3.8) is 0 Å². The molecule has 11 heteroatoms. The lowest BCUT2D eigenvalue weighted by atomic mass is 10.1. The van der Waals surface area contributed by atoms with Crippen molar-refractivity contribution in [3.8, 4) is 11.8 Å². The largest absolute Gasteiger partial charge is 0.450 e. The molecule has 0 fully saturated rings. The van der Waals surface area contributed by atoms with E-state index in [9.17, 15) is 14.4 Å². The van der Waals surface area contributed by atoms with Gasteiger partial charge in [0.1, 0.15) is 6.04 Å². The van der Waals surface area contributed by atoms with E-state index in [0.717, 1.165) is 5.56 Å². The standard InChI is InChI=1S/C25H31N5O5S/c1-36-25-27-15-19(16-28-25)7-3-2-4-9-22(32)30-21(8-5-6-14-35-24(26)34)23(33)29-20-12-10-18(17-31)11-13-20/h10-13,15-16,21,31H,2,4-6,8-9,14,17H2,1H3,(H2,26,34)(H,29,33)(H,30,32)/t21-/m0/s1. The molecule has 0 aliphatic heterocycles. The number of nitrogens with zero attached hydrogens (tertiary/aromatic N) is 2. The van der Waals surface area contributed by atoms with Crippen molar-refractivity contribution in [2.24, 2.45) is 5.73 Å². The molecule has 0 aliphatic carbocycles. The lowest BCUT2D eigenvalue weighted by molar-refractivity contribution is -0.126. The monoisotopic (exact) mass is 513 g/mol. The van der Waals surface area contributed by atoms with Gasteiger partial charge in [0, 0.05) is 30.9 Å². The number of nitrogens with two attached hydrogens (primary N) is 1. The molecule has 0 saturated heterocycles. The molecule has 0 bridgehead atoms. The number of aliphatic hydroxyl groups excluding tert-OH is 1. The first kappa shape index (κ1) is 28.6. The number of ether oxygens (including phenoxy) is 1. The molecule has 0 unspecified atom stereocenters. The third-order valence-corrected chi connectivity index (χ3v) is 5.51. The van der Waals surface area contributed by atoms with Crippen LogP contribution in [0.4, 0.5) is 10.5 Å². The van der Waals surface area contributed by atoms with E-state index in [1.165, 1.54) is 11.8 Å². The van der Waals surface area contributed by atoms with Crippen LogP contribution in [-0.4, -0.2) is 51.9 Å². The molecule has 2 rings (SSSR count). The average molecular weight is 514 g/mol. The van der Waals surface area contributed by atoms with E-state index >= 15 is 0 Å². The average Bonchev–Trinajstić information content (AvgIpc) is 2.88. The number of unbranched alkanes of at least 4 members (excludes halogenated alkanes) is 2. The second kappa shape index (κ2) is 16.1. The van der Waals surface area contributed by atoms with Crippen molar-refractivity contribution < 1.29 is 24.2 Å². The Morgan fingerprint density at radius 3 is 2.50 bits per heavy atom. The lowest BCUT2D eigenvalue weighted by Crippen LogP contribution is -2.43. The molecular formula is C25H31N5O5S. The van der Waals surface area contributed by atoms with Gasteiger partial charge in [-0.15, -0.1) is 0 Å². The van der Waals surface area contributed by atoms with Crippen molar-refractivity contribution in [2.75, 3.05) is 18.2 Å². The van der Waals surface area contributed by atoms with Crippen LogP contribution < -0.4 is 16.4 Å². The van der Waals surface area contributed by atoms with Crippen molar-refractivity contribution in [1.82, 2.24) is 15.3 Å². The highest BCUT2D eigenvalue weighted by Gasteiger charge is 2.20. The van der Waals surface area contributed by atoms with E-state index in [2.05, 4.69) is 32.4 Å². The fraction of sp³-hybridized carbons (Fsp3) is 0.400. The maximum absolute atomic E-state index is 12.8. The van der Waals surface area contributed by atoms with Crippen molar-refractivity contribution in [3.05, 3.63) is 47.8 Å². The van der Waals surface area contributed by atoms with E-state index in [4.69, 9.17) is 15.6 Å². The first-order valence-corrected chi connectivity index (χ1v) is 12.7. The van der Waals surface area contributed by atoms with Crippen LogP contribution in [0.2, 0.25) is 0 Å². The maximum atomic E-state index is 12.8. The Labute approximate surface area is 214 Å². The number of anilines is 1. The molecule has 1 aromatic heterocycles. The minimum atomic E-state index is -0.850. The van der Waals surface area contributed by atoms with E-state index in [0.29, 0.717) is 48.5 Å². The zero-order chi connectivity index (χ0) is 26.2. The summed E-state index contributed by atoms with van der Waals surface area (Å²) in [5, 5.41) is 15.4. The molecule has 1 atom stereocenters. The summed E-state index contributed by atoms with van der Waals surface area (Å²) in [6.07, 6.45) is 7.04. The minimum Gasteiger partial charge on any atom is -0.450 e. The molecule has 192 valence electrons. The van der Waals surface area contributed by atoms with Crippen LogP contribution in [0, 0.1) is 11.8 Å². The summed E-state index contributed by atoms with van der Waals surface area (Å²) < 4.78 is 4.71. The van der Waals surface area contributed by atoms with Crippen LogP contribution in [0.25, 0.3) is 0 Å². The van der Waals surface area contributed by atoms with Gasteiger partial charge >= 0.3 is 6.09 Å². The first-order valence-electron chi connectivity index (χ1n) is 11.5. The quantitative estimate of drug-likeness (QED) is 0.138. The van der Waals surface area contributed by atoms with Crippen LogP contribution in [0.15, 0.2) is 41.8 Å². The van der Waals surface area contributed by atoms with Gasteiger partial charge in [0.25, 0.3) is 0 Å². The number of rotatable bonds is 13. The summed E-state index contributed by atoms with van der Waals surface area (Å²) >= 11 is 1.45. The van der Waals surface area contributed by atoms with Crippen molar-refractivity contribution >= 4 is 35.4 Å². The summed E-state index contributed by atoms with van der Waals surface area (Å²) in [4.78, 5) is 44.4. The number of carbonyl (C=O) groups is 3. The van der Waals surface area contributed by atoms with Gasteiger partial charge in [0.2, 0.25) is 11.8 Å². The molecule has 5 N–H and O–H groups in total. The smallest absolute Gasteiger partial charge is 0.404 e. The molecule has 1 aromatic carbocycles. The first-order chi connectivity index (χ1) is 17.4. The van der Waals surface area contributed by atoms with Crippen LogP contribution >= 0.6 is 11.8 Å². The van der Waals surface area contributed by atoms with Gasteiger partial charge in [-0.25, -0.2) is 14.8 Å². The number of aliphatic hydroxyl groups is 1. The van der Waals surface area contributed by atoms with E-state index < -0.39 is 12.1 Å². The van der Waals surface area contributed by atoms with E-state index in [-0.39, 0.29) is 31.4 Å². The Balaban J connectivity index is 1.86. The highest BCUT2D eigenvalue weighted by molar-refractivity contribution is 7.98.